The summed E-state index contributed by atoms with van der Waals surface area (Å²) in [6, 6.07) is 5.60. The van der Waals surface area contributed by atoms with Crippen LogP contribution in [0, 0.1) is 27.4 Å². The monoisotopic (exact) mass is 303 g/mol. The molecular weight excluding hydrogens is 286 g/mol. The average Bonchev–Trinajstić information content (AvgIpc) is 3.32. The molecule has 0 aliphatic heterocycles. The number of nitro benzene ring substituents is 1. The number of phenolic OH excluding ortho intramolecular Hbond substituents is 1. The van der Waals surface area contributed by atoms with E-state index in [4.69, 9.17) is 5.26 Å². The number of amides is 1. The number of phenols is 1. The zero-order valence-corrected chi connectivity index (χ0v) is 12.2. The van der Waals surface area contributed by atoms with Crippen LogP contribution in [0.3, 0.4) is 0 Å². The highest BCUT2D eigenvalue weighted by Crippen LogP contribution is 2.36. The summed E-state index contributed by atoms with van der Waals surface area (Å²) in [5.41, 5.74) is -0.347. The first-order chi connectivity index (χ1) is 10.5. The second-order valence-electron chi connectivity index (χ2n) is 5.45. The van der Waals surface area contributed by atoms with E-state index in [1.54, 1.807) is 4.90 Å². The van der Waals surface area contributed by atoms with Gasteiger partial charge in [0.05, 0.1) is 17.4 Å². The minimum Gasteiger partial charge on any atom is -0.502 e. The zero-order chi connectivity index (χ0) is 16.3. The Hall–Kier alpha value is -2.62. The summed E-state index contributed by atoms with van der Waals surface area (Å²) in [6.07, 6.45) is 2.31. The highest BCUT2D eigenvalue weighted by Gasteiger charge is 2.34. The van der Waals surface area contributed by atoms with Crippen molar-refractivity contribution in [2.24, 2.45) is 5.92 Å². The third-order valence-corrected chi connectivity index (χ3v) is 3.94. The number of hydrogen-bond donors (Lipinski definition) is 1. The number of nitro groups is 1. The molecule has 0 saturated heterocycles. The van der Waals surface area contributed by atoms with Crippen molar-refractivity contribution < 1.29 is 14.8 Å². The number of carbonyl (C=O) groups is 1. The van der Waals surface area contributed by atoms with Gasteiger partial charge in [0.2, 0.25) is 0 Å². The van der Waals surface area contributed by atoms with Crippen LogP contribution in [0.4, 0.5) is 5.69 Å². The van der Waals surface area contributed by atoms with Crippen molar-refractivity contribution in [1.29, 1.82) is 5.26 Å². The van der Waals surface area contributed by atoms with Crippen molar-refractivity contribution in [3.63, 3.8) is 0 Å². The highest BCUT2D eigenvalue weighted by atomic mass is 16.6. The molecule has 1 aliphatic rings. The Balaban J connectivity index is 2.27. The second-order valence-corrected chi connectivity index (χ2v) is 5.45. The molecule has 0 radical (unpaired) electrons. The Morgan fingerprint density at radius 1 is 1.59 bits per heavy atom. The zero-order valence-electron chi connectivity index (χ0n) is 12.2. The quantitative estimate of drug-likeness (QED) is 0.641. The van der Waals surface area contributed by atoms with Crippen molar-refractivity contribution in [1.82, 2.24) is 4.90 Å². The van der Waals surface area contributed by atoms with Crippen molar-refractivity contribution >= 4 is 11.6 Å². The van der Waals surface area contributed by atoms with Gasteiger partial charge in [-0.25, -0.2) is 0 Å². The SMILES string of the molecule is C[C@H](C1CC1)N(CCC#N)C(=O)c1ccc(O)c([N+](=O)[O-])c1. The first-order valence-electron chi connectivity index (χ1n) is 7.11. The predicted molar refractivity (Wildman–Crippen MR) is 78.2 cm³/mol. The van der Waals surface area contributed by atoms with Crippen LogP contribution < -0.4 is 0 Å². The first-order valence-corrected chi connectivity index (χ1v) is 7.11. The molecule has 0 aromatic heterocycles. The number of carbonyl (C=O) groups excluding carboxylic acids is 1. The smallest absolute Gasteiger partial charge is 0.311 e. The van der Waals surface area contributed by atoms with E-state index in [0.717, 1.165) is 25.0 Å². The lowest BCUT2D eigenvalue weighted by Gasteiger charge is -2.28. The molecular formula is C15H17N3O4. The van der Waals surface area contributed by atoms with Crippen LogP contribution >= 0.6 is 0 Å². The third-order valence-electron chi connectivity index (χ3n) is 3.94. The number of hydrogen-bond acceptors (Lipinski definition) is 5. The van der Waals surface area contributed by atoms with E-state index in [-0.39, 0.29) is 23.9 Å². The van der Waals surface area contributed by atoms with E-state index in [2.05, 4.69) is 0 Å². The molecule has 1 atom stereocenters. The van der Waals surface area contributed by atoms with Gasteiger partial charge in [-0.2, -0.15) is 5.26 Å². The number of rotatable bonds is 6. The van der Waals surface area contributed by atoms with Crippen LogP contribution in [0.1, 0.15) is 36.5 Å². The summed E-state index contributed by atoms with van der Waals surface area (Å²) in [5, 5.41) is 29.1. The Morgan fingerprint density at radius 2 is 2.27 bits per heavy atom. The molecule has 1 N–H and O–H groups in total. The molecule has 1 aliphatic carbocycles. The van der Waals surface area contributed by atoms with Crippen LogP contribution in [0.5, 0.6) is 5.75 Å². The summed E-state index contributed by atoms with van der Waals surface area (Å²) in [7, 11) is 0. The Labute approximate surface area is 127 Å². The molecule has 7 heteroatoms. The van der Waals surface area contributed by atoms with Gasteiger partial charge in [-0.15, -0.1) is 0 Å². The van der Waals surface area contributed by atoms with Crippen molar-refractivity contribution in [2.45, 2.75) is 32.2 Å². The summed E-state index contributed by atoms with van der Waals surface area (Å²) in [5.74, 6) is -0.396. The summed E-state index contributed by atoms with van der Waals surface area (Å²) in [4.78, 5) is 24.4. The van der Waals surface area contributed by atoms with Gasteiger partial charge in [0, 0.05) is 24.2 Å². The second kappa shape index (κ2) is 6.43. The van der Waals surface area contributed by atoms with Crippen molar-refractivity contribution in [3.8, 4) is 11.8 Å². The van der Waals surface area contributed by atoms with Gasteiger partial charge >= 0.3 is 5.69 Å². The van der Waals surface area contributed by atoms with Crippen LogP contribution in [0.2, 0.25) is 0 Å². The van der Waals surface area contributed by atoms with Gasteiger partial charge in [0.1, 0.15) is 0 Å². The van der Waals surface area contributed by atoms with Crippen molar-refractivity contribution in [3.05, 3.63) is 33.9 Å². The molecule has 7 nitrogen and oxygen atoms in total. The Bertz CT molecular complexity index is 634. The molecule has 1 saturated carbocycles. The van der Waals surface area contributed by atoms with E-state index in [0.29, 0.717) is 12.5 Å². The van der Waals surface area contributed by atoms with Gasteiger partial charge in [-0.1, -0.05) is 0 Å². The minimum atomic E-state index is -0.726. The van der Waals surface area contributed by atoms with Crippen LogP contribution in [0.25, 0.3) is 0 Å². The van der Waals surface area contributed by atoms with Gasteiger partial charge in [-0.3, -0.25) is 14.9 Å². The normalized spacial score (nSPS) is 14.9. The third kappa shape index (κ3) is 3.34. The molecule has 116 valence electrons. The Morgan fingerprint density at radius 3 is 2.82 bits per heavy atom. The highest BCUT2D eigenvalue weighted by molar-refractivity contribution is 5.95. The van der Waals surface area contributed by atoms with Gasteiger partial charge < -0.3 is 10.0 Å². The van der Waals surface area contributed by atoms with Gasteiger partial charge in [0.25, 0.3) is 5.91 Å². The lowest BCUT2D eigenvalue weighted by atomic mass is 10.1. The molecule has 0 unspecified atom stereocenters. The Kier molecular flexibility index (Phi) is 4.61. The maximum atomic E-state index is 12.6. The summed E-state index contributed by atoms with van der Waals surface area (Å²) >= 11 is 0. The van der Waals surface area contributed by atoms with E-state index in [1.807, 2.05) is 13.0 Å². The largest absolute Gasteiger partial charge is 0.502 e. The van der Waals surface area contributed by atoms with E-state index in [9.17, 15) is 20.0 Å². The van der Waals surface area contributed by atoms with E-state index in [1.165, 1.54) is 6.07 Å². The first kappa shape index (κ1) is 15.8. The van der Waals surface area contributed by atoms with Crippen LogP contribution in [-0.4, -0.2) is 33.4 Å². The predicted octanol–water partition coefficient (Wildman–Crippen LogP) is 2.45. The lowest BCUT2D eigenvalue weighted by molar-refractivity contribution is -0.385. The van der Waals surface area contributed by atoms with Gasteiger partial charge in [-0.05, 0) is 37.8 Å². The topological polar surface area (TPSA) is 107 Å². The minimum absolute atomic E-state index is 0.00582. The number of nitriles is 1. The van der Waals surface area contributed by atoms with Crippen LogP contribution in [-0.2, 0) is 0 Å². The van der Waals surface area contributed by atoms with E-state index >= 15 is 0 Å². The fraction of sp³-hybridized carbons (Fsp3) is 0.467. The maximum absolute atomic E-state index is 12.6. The molecule has 1 amide bonds. The molecule has 1 aromatic rings. The van der Waals surface area contributed by atoms with Crippen LogP contribution in [0.15, 0.2) is 18.2 Å². The molecule has 1 fully saturated rings. The number of aromatic hydroxyl groups is 1. The average molecular weight is 303 g/mol. The standard InChI is InChI=1S/C15H17N3O4/c1-10(11-3-4-11)17(8-2-7-16)15(20)12-5-6-14(19)13(9-12)18(21)22/h5-6,9-11,19H,2-4,8H2,1H3/t10-/m1/s1. The van der Waals surface area contributed by atoms with Crippen molar-refractivity contribution in [2.75, 3.05) is 6.54 Å². The summed E-state index contributed by atoms with van der Waals surface area (Å²) in [6.45, 7) is 2.23. The fourth-order valence-corrected chi connectivity index (χ4v) is 2.46. The summed E-state index contributed by atoms with van der Waals surface area (Å²) < 4.78 is 0. The number of nitrogens with zero attached hydrogens (tertiary/aromatic N) is 3. The maximum Gasteiger partial charge on any atom is 0.311 e. The lowest BCUT2D eigenvalue weighted by Crippen LogP contribution is -2.40. The number of benzene rings is 1. The molecule has 1 aromatic carbocycles. The van der Waals surface area contributed by atoms with Gasteiger partial charge in [0.15, 0.2) is 5.75 Å². The fourth-order valence-electron chi connectivity index (χ4n) is 2.46. The molecule has 0 heterocycles. The van der Waals surface area contributed by atoms with E-state index < -0.39 is 16.4 Å². The molecule has 0 spiro atoms. The molecule has 2 rings (SSSR count). The molecule has 22 heavy (non-hydrogen) atoms. The molecule has 0 bridgehead atoms.